The summed E-state index contributed by atoms with van der Waals surface area (Å²) in [5.74, 6) is -0.445. The molecule has 0 aromatic rings. The topological polar surface area (TPSA) is 55.4 Å². The lowest BCUT2D eigenvalue weighted by atomic mass is 10.3. The van der Waals surface area contributed by atoms with E-state index >= 15 is 0 Å². The molecule has 0 rings (SSSR count). The van der Waals surface area contributed by atoms with Crippen LogP contribution in [0.2, 0.25) is 0 Å². The van der Waals surface area contributed by atoms with Crippen molar-refractivity contribution >= 4 is 11.9 Å². The molecule has 1 N–H and O–H groups in total. The molecule has 0 aromatic heterocycles. The zero-order valence-corrected chi connectivity index (χ0v) is 8.42. The molecule has 0 heterocycles. The Bertz CT molecular complexity index is 180. The lowest BCUT2D eigenvalue weighted by molar-refractivity contribution is -0.149. The van der Waals surface area contributed by atoms with Gasteiger partial charge in [0.25, 0.3) is 0 Å². The van der Waals surface area contributed by atoms with Crippen molar-refractivity contribution in [2.75, 3.05) is 7.05 Å². The minimum atomic E-state index is -0.307. The van der Waals surface area contributed by atoms with Gasteiger partial charge in [0.1, 0.15) is 0 Å². The predicted octanol–water partition coefficient (Wildman–Crippen LogP) is 0.854. The molecular weight excluding hydrogens is 170 g/mol. The summed E-state index contributed by atoms with van der Waals surface area (Å²) in [5.41, 5.74) is 0. The summed E-state index contributed by atoms with van der Waals surface area (Å²) in [5, 5.41) is 2.44. The number of rotatable bonds is 5. The fraction of sp³-hybridized carbons (Fsp3) is 0.778. The van der Waals surface area contributed by atoms with Crippen molar-refractivity contribution in [1.29, 1.82) is 0 Å². The van der Waals surface area contributed by atoms with Gasteiger partial charge in [0.05, 0.1) is 12.5 Å². The van der Waals surface area contributed by atoms with Crippen molar-refractivity contribution in [3.8, 4) is 0 Å². The molecule has 0 saturated heterocycles. The molecule has 0 bridgehead atoms. The standard InChI is InChI=1S/C9H17NO3/c1-4-7(2)13-9(12)6-5-8(11)10-3/h7H,4-6H2,1-3H3,(H,10,11). The summed E-state index contributed by atoms with van der Waals surface area (Å²) in [6.07, 6.45) is 1.10. The van der Waals surface area contributed by atoms with Gasteiger partial charge in [-0.15, -0.1) is 0 Å². The van der Waals surface area contributed by atoms with Gasteiger partial charge in [-0.25, -0.2) is 0 Å². The van der Waals surface area contributed by atoms with Crippen molar-refractivity contribution in [2.45, 2.75) is 39.2 Å². The monoisotopic (exact) mass is 187 g/mol. The molecule has 0 aliphatic rings. The molecule has 13 heavy (non-hydrogen) atoms. The van der Waals surface area contributed by atoms with Gasteiger partial charge in [-0.3, -0.25) is 9.59 Å². The molecule has 0 saturated carbocycles. The molecule has 4 heteroatoms. The minimum absolute atomic E-state index is 0.0582. The Kier molecular flexibility index (Phi) is 5.93. The van der Waals surface area contributed by atoms with Crippen LogP contribution in [0.4, 0.5) is 0 Å². The van der Waals surface area contributed by atoms with Crippen LogP contribution in [0, 0.1) is 0 Å². The highest BCUT2D eigenvalue weighted by Crippen LogP contribution is 2.00. The third kappa shape index (κ3) is 6.13. The van der Waals surface area contributed by atoms with Crippen LogP contribution in [-0.2, 0) is 14.3 Å². The third-order valence-corrected chi connectivity index (χ3v) is 1.74. The van der Waals surface area contributed by atoms with Crippen LogP contribution in [-0.4, -0.2) is 25.0 Å². The van der Waals surface area contributed by atoms with Gasteiger partial charge < -0.3 is 10.1 Å². The second-order valence-electron chi connectivity index (χ2n) is 2.88. The summed E-state index contributed by atoms with van der Waals surface area (Å²) in [7, 11) is 1.54. The second kappa shape index (κ2) is 6.46. The van der Waals surface area contributed by atoms with E-state index in [4.69, 9.17) is 4.74 Å². The molecule has 1 atom stereocenters. The Hall–Kier alpha value is -1.06. The lowest BCUT2D eigenvalue weighted by Gasteiger charge is -2.09. The molecule has 4 nitrogen and oxygen atoms in total. The number of esters is 1. The molecule has 0 aliphatic heterocycles. The van der Waals surface area contributed by atoms with Crippen molar-refractivity contribution in [3.63, 3.8) is 0 Å². The normalized spacial score (nSPS) is 11.9. The van der Waals surface area contributed by atoms with Gasteiger partial charge in [0.15, 0.2) is 0 Å². The molecule has 0 fully saturated rings. The van der Waals surface area contributed by atoms with E-state index in [1.807, 2.05) is 13.8 Å². The number of hydrogen-bond acceptors (Lipinski definition) is 3. The summed E-state index contributed by atoms with van der Waals surface area (Å²) in [6, 6.07) is 0. The molecule has 0 radical (unpaired) electrons. The van der Waals surface area contributed by atoms with Crippen LogP contribution in [0.3, 0.4) is 0 Å². The fourth-order valence-electron chi connectivity index (χ4n) is 0.707. The van der Waals surface area contributed by atoms with E-state index in [0.29, 0.717) is 0 Å². The van der Waals surface area contributed by atoms with Gasteiger partial charge in [-0.1, -0.05) is 6.92 Å². The van der Waals surface area contributed by atoms with Crippen LogP contribution >= 0.6 is 0 Å². The molecule has 0 aromatic carbocycles. The first-order chi connectivity index (χ1) is 6.10. The van der Waals surface area contributed by atoms with E-state index in [-0.39, 0.29) is 30.8 Å². The summed E-state index contributed by atoms with van der Waals surface area (Å²) < 4.78 is 4.98. The number of carbonyl (C=O) groups is 2. The van der Waals surface area contributed by atoms with Crippen LogP contribution in [0.15, 0.2) is 0 Å². The van der Waals surface area contributed by atoms with Crippen molar-refractivity contribution < 1.29 is 14.3 Å². The maximum absolute atomic E-state index is 11.0. The first-order valence-electron chi connectivity index (χ1n) is 4.50. The molecular formula is C9H17NO3. The van der Waals surface area contributed by atoms with Crippen molar-refractivity contribution in [1.82, 2.24) is 5.32 Å². The second-order valence-corrected chi connectivity index (χ2v) is 2.88. The Balaban J connectivity index is 3.57. The quantitative estimate of drug-likeness (QED) is 0.649. The molecule has 1 amide bonds. The molecule has 1 unspecified atom stereocenters. The van der Waals surface area contributed by atoms with Crippen LogP contribution in [0.25, 0.3) is 0 Å². The first-order valence-corrected chi connectivity index (χ1v) is 4.50. The van der Waals surface area contributed by atoms with E-state index < -0.39 is 0 Å². The average molecular weight is 187 g/mol. The number of hydrogen-bond donors (Lipinski definition) is 1. The highest BCUT2D eigenvalue weighted by molar-refractivity contribution is 5.81. The van der Waals surface area contributed by atoms with E-state index in [1.54, 1.807) is 7.05 Å². The fourth-order valence-corrected chi connectivity index (χ4v) is 0.707. The van der Waals surface area contributed by atoms with Crippen molar-refractivity contribution in [2.24, 2.45) is 0 Å². The van der Waals surface area contributed by atoms with E-state index in [2.05, 4.69) is 5.32 Å². The largest absolute Gasteiger partial charge is 0.463 e. The highest BCUT2D eigenvalue weighted by Gasteiger charge is 2.09. The maximum Gasteiger partial charge on any atom is 0.306 e. The summed E-state index contributed by atoms with van der Waals surface area (Å²) in [4.78, 5) is 21.8. The first kappa shape index (κ1) is 11.9. The highest BCUT2D eigenvalue weighted by atomic mass is 16.5. The molecule has 0 spiro atoms. The zero-order valence-electron chi connectivity index (χ0n) is 8.42. The maximum atomic E-state index is 11.0. The smallest absolute Gasteiger partial charge is 0.306 e. The lowest BCUT2D eigenvalue weighted by Crippen LogP contribution is -2.20. The zero-order chi connectivity index (χ0) is 10.3. The Labute approximate surface area is 78.6 Å². The number of nitrogens with one attached hydrogen (secondary N) is 1. The Morgan fingerprint density at radius 3 is 2.46 bits per heavy atom. The Morgan fingerprint density at radius 2 is 2.00 bits per heavy atom. The van der Waals surface area contributed by atoms with Gasteiger partial charge in [-0.2, -0.15) is 0 Å². The van der Waals surface area contributed by atoms with Gasteiger partial charge in [0, 0.05) is 13.5 Å². The van der Waals surface area contributed by atoms with Crippen LogP contribution in [0.1, 0.15) is 33.1 Å². The van der Waals surface area contributed by atoms with Crippen molar-refractivity contribution in [3.05, 3.63) is 0 Å². The number of carbonyl (C=O) groups excluding carboxylic acids is 2. The van der Waals surface area contributed by atoms with E-state index in [1.165, 1.54) is 0 Å². The van der Waals surface area contributed by atoms with Crippen LogP contribution in [0.5, 0.6) is 0 Å². The number of ether oxygens (including phenoxy) is 1. The molecule has 76 valence electrons. The van der Waals surface area contributed by atoms with Crippen LogP contribution < -0.4 is 5.32 Å². The van der Waals surface area contributed by atoms with Gasteiger partial charge in [0.2, 0.25) is 5.91 Å². The average Bonchev–Trinajstić information content (AvgIpc) is 2.13. The molecule has 0 aliphatic carbocycles. The third-order valence-electron chi connectivity index (χ3n) is 1.74. The van der Waals surface area contributed by atoms with E-state index in [9.17, 15) is 9.59 Å². The van der Waals surface area contributed by atoms with Gasteiger partial charge >= 0.3 is 5.97 Å². The minimum Gasteiger partial charge on any atom is -0.463 e. The van der Waals surface area contributed by atoms with E-state index in [0.717, 1.165) is 6.42 Å². The Morgan fingerprint density at radius 1 is 1.38 bits per heavy atom. The summed E-state index contributed by atoms with van der Waals surface area (Å²) in [6.45, 7) is 3.77. The summed E-state index contributed by atoms with van der Waals surface area (Å²) >= 11 is 0. The number of amides is 1. The predicted molar refractivity (Wildman–Crippen MR) is 49.1 cm³/mol. The van der Waals surface area contributed by atoms with Gasteiger partial charge in [-0.05, 0) is 13.3 Å². The SMILES string of the molecule is CCC(C)OC(=O)CCC(=O)NC.